The zero-order chi connectivity index (χ0) is 16.5. The Morgan fingerprint density at radius 2 is 1.73 bits per heavy atom. The molecule has 1 fully saturated rings. The van der Waals surface area contributed by atoms with Crippen molar-refractivity contribution in [3.05, 3.63) is 66.5 Å². The molecule has 2 heterocycles. The SMILES string of the molecule is Cc1cccc(-c2ccc(-c3nccn3[C@@H]3CNC[C@@H]3O)cc2)c1.Cl.Cl. The third kappa shape index (κ3) is 3.94. The molecule has 3 aromatic rings. The molecule has 0 radical (unpaired) electrons. The highest BCUT2D eigenvalue weighted by Crippen LogP contribution is 2.27. The summed E-state index contributed by atoms with van der Waals surface area (Å²) in [6.45, 7) is 3.51. The Morgan fingerprint density at radius 3 is 2.38 bits per heavy atom. The van der Waals surface area contributed by atoms with Gasteiger partial charge in [-0.3, -0.25) is 0 Å². The summed E-state index contributed by atoms with van der Waals surface area (Å²) in [5.41, 5.74) is 4.74. The fraction of sp³-hybridized carbons (Fsp3) is 0.250. The molecule has 26 heavy (non-hydrogen) atoms. The minimum atomic E-state index is -0.371. The van der Waals surface area contributed by atoms with Crippen LogP contribution in [0.4, 0.5) is 0 Å². The van der Waals surface area contributed by atoms with Gasteiger partial charge in [-0.1, -0.05) is 54.1 Å². The number of β-amino-alcohol motifs (C(OH)–C–C–N with tert-alkyl or cyclic N) is 1. The number of nitrogens with one attached hydrogen (secondary N) is 1. The Morgan fingerprint density at radius 1 is 1.00 bits per heavy atom. The van der Waals surface area contributed by atoms with Crippen molar-refractivity contribution in [1.29, 1.82) is 0 Å². The maximum atomic E-state index is 10.1. The van der Waals surface area contributed by atoms with E-state index in [4.69, 9.17) is 0 Å². The molecular weight excluding hydrogens is 369 g/mol. The van der Waals surface area contributed by atoms with Crippen LogP contribution in [0.1, 0.15) is 11.6 Å². The third-order valence-electron chi connectivity index (χ3n) is 4.67. The van der Waals surface area contributed by atoms with Crippen LogP contribution in [0.25, 0.3) is 22.5 Å². The topological polar surface area (TPSA) is 50.1 Å². The summed E-state index contributed by atoms with van der Waals surface area (Å²) >= 11 is 0. The molecule has 2 aromatic carbocycles. The van der Waals surface area contributed by atoms with Crippen molar-refractivity contribution >= 4 is 24.8 Å². The lowest BCUT2D eigenvalue weighted by Gasteiger charge is -2.18. The van der Waals surface area contributed by atoms with Gasteiger partial charge < -0.3 is 15.0 Å². The fourth-order valence-corrected chi connectivity index (χ4v) is 3.38. The quantitative estimate of drug-likeness (QED) is 0.712. The van der Waals surface area contributed by atoms with Crippen LogP contribution in [-0.4, -0.2) is 33.9 Å². The van der Waals surface area contributed by atoms with E-state index in [-0.39, 0.29) is 37.0 Å². The molecule has 1 aliphatic rings. The smallest absolute Gasteiger partial charge is 0.140 e. The average molecular weight is 392 g/mol. The standard InChI is InChI=1S/C20H21N3O.2ClH/c1-14-3-2-4-17(11-14)15-5-7-16(8-6-15)20-22-9-10-23(20)18-12-21-13-19(18)24;;/h2-11,18-19,21,24H,12-13H2,1H3;2*1H/t18-,19+;;/m1../s1. The molecule has 2 atom stereocenters. The molecule has 1 aromatic heterocycles. The van der Waals surface area contributed by atoms with Gasteiger partial charge in [-0.25, -0.2) is 4.98 Å². The van der Waals surface area contributed by atoms with Crippen LogP contribution < -0.4 is 5.32 Å². The van der Waals surface area contributed by atoms with Crippen molar-refractivity contribution in [3.63, 3.8) is 0 Å². The molecule has 0 bridgehead atoms. The number of hydrogen-bond acceptors (Lipinski definition) is 3. The summed E-state index contributed by atoms with van der Waals surface area (Å²) in [4.78, 5) is 4.51. The summed E-state index contributed by atoms with van der Waals surface area (Å²) in [6.07, 6.45) is 3.38. The molecule has 4 rings (SSSR count). The van der Waals surface area contributed by atoms with E-state index in [0.717, 1.165) is 17.9 Å². The highest BCUT2D eigenvalue weighted by atomic mass is 35.5. The van der Waals surface area contributed by atoms with Crippen molar-refractivity contribution in [2.75, 3.05) is 13.1 Å². The second-order valence-corrected chi connectivity index (χ2v) is 6.40. The Kier molecular flexibility index (Phi) is 6.84. The molecule has 0 spiro atoms. The van der Waals surface area contributed by atoms with Crippen LogP contribution in [0.15, 0.2) is 60.9 Å². The van der Waals surface area contributed by atoms with E-state index in [1.54, 1.807) is 6.20 Å². The first-order chi connectivity index (χ1) is 11.7. The van der Waals surface area contributed by atoms with Crippen molar-refractivity contribution < 1.29 is 5.11 Å². The molecule has 0 amide bonds. The van der Waals surface area contributed by atoms with Crippen molar-refractivity contribution in [3.8, 4) is 22.5 Å². The molecule has 1 saturated heterocycles. The Labute approximate surface area is 166 Å². The number of hydrogen-bond donors (Lipinski definition) is 2. The second-order valence-electron chi connectivity index (χ2n) is 6.40. The maximum Gasteiger partial charge on any atom is 0.140 e. The van der Waals surface area contributed by atoms with Gasteiger partial charge >= 0.3 is 0 Å². The number of aliphatic hydroxyl groups excluding tert-OH is 1. The van der Waals surface area contributed by atoms with E-state index in [1.807, 2.05) is 6.20 Å². The third-order valence-corrected chi connectivity index (χ3v) is 4.67. The highest BCUT2D eigenvalue weighted by Gasteiger charge is 2.28. The predicted molar refractivity (Wildman–Crippen MR) is 110 cm³/mol. The van der Waals surface area contributed by atoms with Crippen molar-refractivity contribution in [2.24, 2.45) is 0 Å². The minimum absolute atomic E-state index is 0. The molecule has 6 heteroatoms. The van der Waals surface area contributed by atoms with Gasteiger partial charge in [0.05, 0.1) is 12.1 Å². The van der Waals surface area contributed by atoms with Crippen LogP contribution in [0, 0.1) is 6.92 Å². The van der Waals surface area contributed by atoms with Crippen LogP contribution in [0.3, 0.4) is 0 Å². The molecule has 0 unspecified atom stereocenters. The van der Waals surface area contributed by atoms with E-state index >= 15 is 0 Å². The average Bonchev–Trinajstić information content (AvgIpc) is 3.23. The minimum Gasteiger partial charge on any atom is -0.390 e. The lowest BCUT2D eigenvalue weighted by Crippen LogP contribution is -2.22. The van der Waals surface area contributed by atoms with Crippen LogP contribution in [0.5, 0.6) is 0 Å². The number of aryl methyl sites for hydroxylation is 1. The zero-order valence-electron chi connectivity index (χ0n) is 14.5. The van der Waals surface area contributed by atoms with Crippen molar-refractivity contribution in [2.45, 2.75) is 19.1 Å². The molecule has 2 N–H and O–H groups in total. The van der Waals surface area contributed by atoms with Gasteiger partial charge in [0.2, 0.25) is 0 Å². The van der Waals surface area contributed by atoms with Gasteiger partial charge in [0.25, 0.3) is 0 Å². The van der Waals surface area contributed by atoms with Gasteiger partial charge in [-0.15, -0.1) is 24.8 Å². The number of benzene rings is 2. The van der Waals surface area contributed by atoms with Gasteiger partial charge in [0.1, 0.15) is 5.82 Å². The van der Waals surface area contributed by atoms with Gasteiger partial charge in [-0.05, 0) is 18.1 Å². The monoisotopic (exact) mass is 391 g/mol. The van der Waals surface area contributed by atoms with Gasteiger partial charge in [0.15, 0.2) is 0 Å². The number of nitrogens with zero attached hydrogens (tertiary/aromatic N) is 2. The number of halogens is 2. The Bertz CT molecular complexity index is 848. The number of imidazole rings is 1. The fourth-order valence-electron chi connectivity index (χ4n) is 3.38. The van der Waals surface area contributed by atoms with Gasteiger partial charge in [0, 0.05) is 31.0 Å². The normalized spacial score (nSPS) is 18.8. The summed E-state index contributed by atoms with van der Waals surface area (Å²) in [5, 5.41) is 13.4. The summed E-state index contributed by atoms with van der Waals surface area (Å²) in [6, 6.07) is 17.0. The predicted octanol–water partition coefficient (Wildman–Crippen LogP) is 3.87. The molecular formula is C20H23Cl2N3O. The maximum absolute atomic E-state index is 10.1. The van der Waals surface area contributed by atoms with E-state index in [9.17, 15) is 5.11 Å². The largest absolute Gasteiger partial charge is 0.390 e. The summed E-state index contributed by atoms with van der Waals surface area (Å²) in [7, 11) is 0. The van der Waals surface area contributed by atoms with Crippen LogP contribution in [0.2, 0.25) is 0 Å². The van der Waals surface area contributed by atoms with E-state index in [1.165, 1.54) is 16.7 Å². The molecule has 138 valence electrons. The molecule has 4 nitrogen and oxygen atoms in total. The first-order valence-electron chi connectivity index (χ1n) is 8.31. The number of aromatic nitrogens is 2. The summed E-state index contributed by atoms with van der Waals surface area (Å²) < 4.78 is 2.08. The molecule has 0 aliphatic carbocycles. The van der Waals surface area contributed by atoms with Crippen molar-refractivity contribution in [1.82, 2.24) is 14.9 Å². The highest BCUT2D eigenvalue weighted by molar-refractivity contribution is 5.85. The first-order valence-corrected chi connectivity index (χ1v) is 8.31. The number of rotatable bonds is 3. The van der Waals surface area contributed by atoms with Crippen LogP contribution in [-0.2, 0) is 0 Å². The first kappa shape index (κ1) is 20.5. The number of aliphatic hydroxyl groups is 1. The molecule has 1 aliphatic heterocycles. The van der Waals surface area contributed by atoms with Crippen LogP contribution >= 0.6 is 24.8 Å². The molecule has 0 saturated carbocycles. The Balaban J connectivity index is 0.00000121. The van der Waals surface area contributed by atoms with E-state index < -0.39 is 0 Å². The Hall–Kier alpha value is -1.85. The summed E-state index contributed by atoms with van der Waals surface area (Å²) in [5.74, 6) is 0.901. The zero-order valence-corrected chi connectivity index (χ0v) is 16.1. The van der Waals surface area contributed by atoms with Gasteiger partial charge in [-0.2, -0.15) is 0 Å². The lowest BCUT2D eigenvalue weighted by atomic mass is 10.0. The lowest BCUT2D eigenvalue weighted by molar-refractivity contribution is 0.151. The second kappa shape index (κ2) is 8.69. The van der Waals surface area contributed by atoms with E-state index in [0.29, 0.717) is 6.54 Å². The van der Waals surface area contributed by atoms with E-state index in [2.05, 4.69) is 70.3 Å².